The molecule has 0 aliphatic carbocycles. The summed E-state index contributed by atoms with van der Waals surface area (Å²) in [6.45, 7) is 0.262. The van der Waals surface area contributed by atoms with Crippen LogP contribution in [-0.4, -0.2) is 17.9 Å². The van der Waals surface area contributed by atoms with Crippen molar-refractivity contribution in [3.63, 3.8) is 0 Å². The first-order chi connectivity index (χ1) is 10.3. The monoisotopic (exact) mass is 288 g/mol. The van der Waals surface area contributed by atoms with Crippen LogP contribution in [0.15, 0.2) is 34.0 Å². The number of carbonyl (C=O) groups excluding carboxylic acids is 1. The number of amides is 1. The van der Waals surface area contributed by atoms with Gasteiger partial charge < -0.3 is 14.0 Å². The summed E-state index contributed by atoms with van der Waals surface area (Å²) in [6, 6.07) is 7.27. The second kappa shape index (κ2) is 5.74. The van der Waals surface area contributed by atoms with E-state index in [1.165, 1.54) is 6.07 Å². The number of nitrogens with zero attached hydrogens (tertiary/aromatic N) is 2. The molecule has 0 unspecified atom stereocenters. The summed E-state index contributed by atoms with van der Waals surface area (Å²) >= 11 is 0. The maximum Gasteiger partial charge on any atom is 0.338 e. The van der Waals surface area contributed by atoms with Crippen LogP contribution in [-0.2, 0) is 12.8 Å². The molecule has 0 fully saturated rings. The van der Waals surface area contributed by atoms with E-state index < -0.39 is 5.91 Å². The zero-order chi connectivity index (χ0) is 14.7. The molecule has 1 aliphatic rings. The number of carbonyl (C=O) groups is 1. The van der Waals surface area contributed by atoms with Gasteiger partial charge in [-0.1, -0.05) is 11.2 Å². The Morgan fingerprint density at radius 2 is 2.05 bits per heavy atom. The van der Waals surface area contributed by atoms with Crippen molar-refractivity contribution in [2.75, 3.05) is 6.79 Å². The molecule has 7 nitrogen and oxygen atoms in total. The van der Waals surface area contributed by atoms with Crippen molar-refractivity contribution in [2.45, 2.75) is 19.3 Å². The summed E-state index contributed by atoms with van der Waals surface area (Å²) in [5, 5.41) is 5.80. The van der Waals surface area contributed by atoms with E-state index in [9.17, 15) is 9.70 Å². The van der Waals surface area contributed by atoms with Crippen molar-refractivity contribution in [3.8, 4) is 11.5 Å². The van der Waals surface area contributed by atoms with Gasteiger partial charge in [-0.15, -0.1) is 4.91 Å². The summed E-state index contributed by atoms with van der Waals surface area (Å²) in [5.41, 5.74) is 1.08. The molecule has 3 rings (SSSR count). The van der Waals surface area contributed by atoms with Crippen LogP contribution in [0.4, 0.5) is 0 Å². The smallest absolute Gasteiger partial charge is 0.338 e. The van der Waals surface area contributed by atoms with E-state index in [1.54, 1.807) is 0 Å². The number of nitroso groups, excluding NO2 is 1. The molecule has 0 atom stereocenters. The van der Waals surface area contributed by atoms with Crippen molar-refractivity contribution < 1.29 is 18.8 Å². The first-order valence-corrected chi connectivity index (χ1v) is 6.48. The molecular formula is C14H12N2O5. The zero-order valence-electron chi connectivity index (χ0n) is 11.1. The van der Waals surface area contributed by atoms with Crippen molar-refractivity contribution >= 4 is 5.91 Å². The Morgan fingerprint density at radius 3 is 2.90 bits per heavy atom. The topological polar surface area (TPSA) is 91.0 Å². The molecule has 2 aromatic rings. The fourth-order valence-corrected chi connectivity index (χ4v) is 2.14. The third kappa shape index (κ3) is 2.91. The lowest BCUT2D eigenvalue weighted by Crippen LogP contribution is -1.93. The van der Waals surface area contributed by atoms with Gasteiger partial charge in [-0.2, -0.15) is 0 Å². The Hall–Kier alpha value is -2.70. The van der Waals surface area contributed by atoms with Crippen LogP contribution in [0.5, 0.6) is 11.5 Å². The molecule has 108 valence electrons. The van der Waals surface area contributed by atoms with E-state index in [4.69, 9.17) is 14.0 Å². The van der Waals surface area contributed by atoms with Crippen molar-refractivity contribution in [1.82, 2.24) is 5.16 Å². The lowest BCUT2D eigenvalue weighted by Gasteiger charge is -2.02. The third-order valence-corrected chi connectivity index (χ3v) is 3.19. The quantitative estimate of drug-likeness (QED) is 0.785. The molecule has 1 aromatic carbocycles. The Morgan fingerprint density at radius 1 is 1.19 bits per heavy atom. The molecule has 1 aliphatic heterocycles. The van der Waals surface area contributed by atoms with Crippen molar-refractivity contribution in [1.29, 1.82) is 0 Å². The minimum atomic E-state index is -0.916. The van der Waals surface area contributed by atoms with Crippen LogP contribution >= 0.6 is 0 Å². The second-order valence-corrected chi connectivity index (χ2v) is 4.62. The number of aromatic nitrogens is 1. The molecule has 0 radical (unpaired) electrons. The van der Waals surface area contributed by atoms with Gasteiger partial charge in [0.05, 0.1) is 0 Å². The molecular weight excluding hydrogens is 276 g/mol. The highest BCUT2D eigenvalue weighted by molar-refractivity contribution is 5.92. The standard InChI is InChI=1S/C14H12N2O5/c17-14(15-18)11-7-10(21-16-11)3-1-2-9-4-5-12-13(6-9)20-8-19-12/h4-7H,1-3,8H2. The summed E-state index contributed by atoms with van der Waals surface area (Å²) in [5.74, 6) is 1.17. The van der Waals surface area contributed by atoms with E-state index in [1.807, 2.05) is 18.2 Å². The van der Waals surface area contributed by atoms with Gasteiger partial charge in [-0.05, 0) is 30.5 Å². The van der Waals surface area contributed by atoms with Crippen LogP contribution in [0.3, 0.4) is 0 Å². The van der Waals surface area contributed by atoms with Gasteiger partial charge in [0.2, 0.25) is 6.79 Å². The molecule has 1 amide bonds. The maximum atomic E-state index is 11.0. The number of benzene rings is 1. The number of hydrogen-bond acceptors (Lipinski definition) is 6. The third-order valence-electron chi connectivity index (χ3n) is 3.19. The average Bonchev–Trinajstić information content (AvgIpc) is 3.14. The van der Waals surface area contributed by atoms with E-state index in [-0.39, 0.29) is 12.5 Å². The van der Waals surface area contributed by atoms with Crippen LogP contribution in [0, 0.1) is 4.91 Å². The van der Waals surface area contributed by atoms with Crippen molar-refractivity contribution in [3.05, 3.63) is 46.2 Å². The van der Waals surface area contributed by atoms with Crippen LogP contribution < -0.4 is 9.47 Å². The fourth-order valence-electron chi connectivity index (χ4n) is 2.14. The van der Waals surface area contributed by atoms with E-state index >= 15 is 0 Å². The molecule has 0 saturated carbocycles. The number of aryl methyl sites for hydroxylation is 2. The lowest BCUT2D eigenvalue weighted by molar-refractivity contribution is 0.0992. The van der Waals surface area contributed by atoms with Crippen LogP contribution in [0.2, 0.25) is 0 Å². The first kappa shape index (κ1) is 13.3. The predicted octanol–water partition coefficient (Wildman–Crippen LogP) is 2.49. The molecule has 0 N–H and O–H groups in total. The normalized spacial score (nSPS) is 12.4. The Bertz CT molecular complexity index is 680. The largest absolute Gasteiger partial charge is 0.454 e. The second-order valence-electron chi connectivity index (χ2n) is 4.62. The first-order valence-electron chi connectivity index (χ1n) is 6.48. The van der Waals surface area contributed by atoms with Crippen molar-refractivity contribution in [2.24, 2.45) is 5.18 Å². The van der Waals surface area contributed by atoms with Gasteiger partial charge in [-0.25, -0.2) is 0 Å². The van der Waals surface area contributed by atoms with Gasteiger partial charge in [0.15, 0.2) is 17.2 Å². The van der Waals surface area contributed by atoms with Crippen LogP contribution in [0.1, 0.15) is 28.2 Å². The molecule has 0 bridgehead atoms. The SMILES string of the molecule is O=NC(=O)c1cc(CCCc2ccc3c(c2)OCO3)on1. The minimum Gasteiger partial charge on any atom is -0.454 e. The lowest BCUT2D eigenvalue weighted by atomic mass is 10.1. The van der Waals surface area contributed by atoms with Gasteiger partial charge in [0.25, 0.3) is 0 Å². The summed E-state index contributed by atoms with van der Waals surface area (Å²) in [4.78, 5) is 21.1. The summed E-state index contributed by atoms with van der Waals surface area (Å²) < 4.78 is 15.6. The summed E-state index contributed by atoms with van der Waals surface area (Å²) in [6.07, 6.45) is 2.26. The molecule has 7 heteroatoms. The number of fused-ring (bicyclic) bond motifs is 1. The van der Waals surface area contributed by atoms with Gasteiger partial charge in [0, 0.05) is 17.7 Å². The fraction of sp³-hybridized carbons (Fsp3) is 0.286. The summed E-state index contributed by atoms with van der Waals surface area (Å²) in [7, 11) is 0. The Labute approximate surface area is 119 Å². The maximum absolute atomic E-state index is 11.0. The molecule has 2 heterocycles. The van der Waals surface area contributed by atoms with Gasteiger partial charge in [0.1, 0.15) is 5.76 Å². The highest BCUT2D eigenvalue weighted by Gasteiger charge is 2.14. The molecule has 0 spiro atoms. The molecule has 21 heavy (non-hydrogen) atoms. The molecule has 0 saturated heterocycles. The highest BCUT2D eigenvalue weighted by atomic mass is 16.7. The van der Waals surface area contributed by atoms with Gasteiger partial charge >= 0.3 is 5.91 Å². The minimum absolute atomic E-state index is 0.0527. The zero-order valence-corrected chi connectivity index (χ0v) is 11.1. The highest BCUT2D eigenvalue weighted by Crippen LogP contribution is 2.32. The Balaban J connectivity index is 1.55. The van der Waals surface area contributed by atoms with E-state index in [2.05, 4.69) is 10.3 Å². The van der Waals surface area contributed by atoms with E-state index in [0.29, 0.717) is 12.2 Å². The number of ether oxygens (including phenoxy) is 2. The van der Waals surface area contributed by atoms with Crippen LogP contribution in [0.25, 0.3) is 0 Å². The molecule has 1 aromatic heterocycles. The Kier molecular flexibility index (Phi) is 3.63. The predicted molar refractivity (Wildman–Crippen MR) is 71.2 cm³/mol. The number of rotatable bonds is 5. The van der Waals surface area contributed by atoms with E-state index in [0.717, 1.165) is 29.9 Å². The average molecular weight is 288 g/mol. The number of hydrogen-bond donors (Lipinski definition) is 0. The van der Waals surface area contributed by atoms with Gasteiger partial charge in [-0.3, -0.25) is 4.79 Å².